The lowest BCUT2D eigenvalue weighted by atomic mass is 10.1. The average Bonchev–Trinajstić information content (AvgIpc) is 2.46. The van der Waals surface area contributed by atoms with Crippen molar-refractivity contribution in [1.82, 2.24) is 4.98 Å². The Labute approximate surface area is 114 Å². The zero-order valence-corrected chi connectivity index (χ0v) is 11.5. The lowest BCUT2D eigenvalue weighted by Crippen LogP contribution is -2.04. The highest BCUT2D eigenvalue weighted by Crippen LogP contribution is 2.14. The molecule has 0 radical (unpaired) electrons. The molecular formula is C16H20N2O. The van der Waals surface area contributed by atoms with Crippen LogP contribution in [-0.4, -0.2) is 11.6 Å². The number of nitrogens with one attached hydrogen (secondary N) is 1. The minimum Gasteiger partial charge on any atom is -0.478 e. The Morgan fingerprint density at radius 1 is 1.00 bits per heavy atom. The topological polar surface area (TPSA) is 34.1 Å². The number of hydrogen-bond donors (Lipinski definition) is 1. The number of nitrogens with zero attached hydrogens (tertiary/aromatic N) is 1. The van der Waals surface area contributed by atoms with E-state index in [1.165, 1.54) is 11.1 Å². The number of pyridine rings is 1. The molecule has 0 atom stereocenters. The Bertz CT molecular complexity index is 526. The van der Waals surface area contributed by atoms with E-state index in [2.05, 4.69) is 41.5 Å². The molecule has 0 amide bonds. The molecule has 2 aromatic rings. The van der Waals surface area contributed by atoms with Gasteiger partial charge in [0, 0.05) is 12.6 Å². The van der Waals surface area contributed by atoms with Crippen LogP contribution < -0.4 is 10.1 Å². The summed E-state index contributed by atoms with van der Waals surface area (Å²) >= 11 is 0. The Morgan fingerprint density at radius 2 is 1.79 bits per heavy atom. The SMILES string of the molecule is CCOc1cccc(NCc2ccccc2CC)n1. The van der Waals surface area contributed by atoms with E-state index in [0.29, 0.717) is 12.5 Å². The Morgan fingerprint density at radius 3 is 2.53 bits per heavy atom. The summed E-state index contributed by atoms with van der Waals surface area (Å²) in [4.78, 5) is 4.40. The van der Waals surface area contributed by atoms with E-state index in [-0.39, 0.29) is 0 Å². The van der Waals surface area contributed by atoms with Crippen molar-refractivity contribution in [2.75, 3.05) is 11.9 Å². The molecule has 1 heterocycles. The molecule has 2 rings (SSSR count). The molecule has 0 spiro atoms. The first-order valence-corrected chi connectivity index (χ1v) is 6.74. The van der Waals surface area contributed by atoms with Crippen LogP contribution in [0.15, 0.2) is 42.5 Å². The molecule has 0 fully saturated rings. The number of rotatable bonds is 6. The first-order valence-electron chi connectivity index (χ1n) is 6.74. The van der Waals surface area contributed by atoms with E-state index in [1.807, 2.05) is 25.1 Å². The second-order valence-corrected chi connectivity index (χ2v) is 4.27. The highest BCUT2D eigenvalue weighted by Gasteiger charge is 2.01. The average molecular weight is 256 g/mol. The van der Waals surface area contributed by atoms with E-state index in [4.69, 9.17) is 4.74 Å². The number of ether oxygens (including phenoxy) is 1. The number of benzene rings is 1. The minimum atomic E-state index is 0.634. The van der Waals surface area contributed by atoms with Gasteiger partial charge >= 0.3 is 0 Å². The Balaban J connectivity index is 2.03. The monoisotopic (exact) mass is 256 g/mol. The van der Waals surface area contributed by atoms with Crippen molar-refractivity contribution in [1.29, 1.82) is 0 Å². The molecule has 1 N–H and O–H groups in total. The summed E-state index contributed by atoms with van der Waals surface area (Å²) in [5, 5.41) is 3.34. The second-order valence-electron chi connectivity index (χ2n) is 4.27. The molecule has 0 aliphatic rings. The van der Waals surface area contributed by atoms with Crippen molar-refractivity contribution in [3.63, 3.8) is 0 Å². The fourth-order valence-electron chi connectivity index (χ4n) is 2.00. The van der Waals surface area contributed by atoms with Gasteiger partial charge in [0.2, 0.25) is 5.88 Å². The highest BCUT2D eigenvalue weighted by atomic mass is 16.5. The maximum atomic E-state index is 5.39. The van der Waals surface area contributed by atoms with Crippen LogP contribution in [-0.2, 0) is 13.0 Å². The summed E-state index contributed by atoms with van der Waals surface area (Å²) in [5.41, 5.74) is 2.68. The van der Waals surface area contributed by atoms with Crippen LogP contribution in [0.4, 0.5) is 5.82 Å². The third-order valence-corrected chi connectivity index (χ3v) is 2.98. The van der Waals surface area contributed by atoms with Crippen molar-refractivity contribution in [2.45, 2.75) is 26.8 Å². The van der Waals surface area contributed by atoms with Crippen LogP contribution in [0.25, 0.3) is 0 Å². The van der Waals surface area contributed by atoms with Crippen LogP contribution in [0.2, 0.25) is 0 Å². The smallest absolute Gasteiger partial charge is 0.215 e. The molecule has 0 unspecified atom stereocenters. The largest absolute Gasteiger partial charge is 0.478 e. The van der Waals surface area contributed by atoms with Crippen LogP contribution >= 0.6 is 0 Å². The fraction of sp³-hybridized carbons (Fsp3) is 0.312. The van der Waals surface area contributed by atoms with Gasteiger partial charge in [-0.2, -0.15) is 4.98 Å². The van der Waals surface area contributed by atoms with Gasteiger partial charge in [-0.05, 0) is 30.5 Å². The van der Waals surface area contributed by atoms with Gasteiger partial charge in [-0.15, -0.1) is 0 Å². The van der Waals surface area contributed by atoms with E-state index in [9.17, 15) is 0 Å². The normalized spacial score (nSPS) is 10.2. The predicted molar refractivity (Wildman–Crippen MR) is 78.6 cm³/mol. The Hall–Kier alpha value is -2.03. The summed E-state index contributed by atoms with van der Waals surface area (Å²) in [6.45, 7) is 5.55. The van der Waals surface area contributed by atoms with Crippen molar-refractivity contribution in [3.05, 3.63) is 53.6 Å². The van der Waals surface area contributed by atoms with Gasteiger partial charge in [0.15, 0.2) is 0 Å². The first-order chi connectivity index (χ1) is 9.33. The number of hydrogen-bond acceptors (Lipinski definition) is 3. The number of anilines is 1. The zero-order chi connectivity index (χ0) is 13.5. The van der Waals surface area contributed by atoms with E-state index in [1.54, 1.807) is 0 Å². The van der Waals surface area contributed by atoms with Crippen LogP contribution in [0.3, 0.4) is 0 Å². The molecule has 3 nitrogen and oxygen atoms in total. The van der Waals surface area contributed by atoms with Gasteiger partial charge in [-0.25, -0.2) is 0 Å². The van der Waals surface area contributed by atoms with Gasteiger partial charge in [-0.1, -0.05) is 37.3 Å². The van der Waals surface area contributed by atoms with Crippen molar-refractivity contribution in [2.24, 2.45) is 0 Å². The quantitative estimate of drug-likeness (QED) is 0.856. The lowest BCUT2D eigenvalue weighted by molar-refractivity contribution is 0.327. The van der Waals surface area contributed by atoms with E-state index in [0.717, 1.165) is 18.8 Å². The molecule has 0 aliphatic heterocycles. The van der Waals surface area contributed by atoms with Crippen molar-refractivity contribution in [3.8, 4) is 5.88 Å². The molecule has 0 bridgehead atoms. The predicted octanol–water partition coefficient (Wildman–Crippen LogP) is 3.65. The van der Waals surface area contributed by atoms with Gasteiger partial charge in [0.1, 0.15) is 5.82 Å². The molecule has 3 heteroatoms. The standard InChI is InChI=1S/C16H20N2O/c1-3-13-8-5-6-9-14(13)12-17-15-10-7-11-16(18-15)19-4-2/h5-11H,3-4,12H2,1-2H3,(H,17,18). The van der Waals surface area contributed by atoms with E-state index >= 15 is 0 Å². The van der Waals surface area contributed by atoms with Gasteiger partial charge < -0.3 is 10.1 Å². The molecular weight excluding hydrogens is 236 g/mol. The van der Waals surface area contributed by atoms with Crippen LogP contribution in [0.5, 0.6) is 5.88 Å². The van der Waals surface area contributed by atoms with Gasteiger partial charge in [-0.3, -0.25) is 0 Å². The van der Waals surface area contributed by atoms with E-state index < -0.39 is 0 Å². The van der Waals surface area contributed by atoms with Gasteiger partial charge in [0.25, 0.3) is 0 Å². The zero-order valence-electron chi connectivity index (χ0n) is 11.5. The molecule has 0 saturated carbocycles. The second kappa shape index (κ2) is 6.78. The summed E-state index contributed by atoms with van der Waals surface area (Å²) < 4.78 is 5.39. The number of aromatic nitrogens is 1. The molecule has 1 aromatic heterocycles. The summed E-state index contributed by atoms with van der Waals surface area (Å²) in [6.07, 6.45) is 1.05. The summed E-state index contributed by atoms with van der Waals surface area (Å²) in [6, 6.07) is 14.2. The van der Waals surface area contributed by atoms with Crippen LogP contribution in [0.1, 0.15) is 25.0 Å². The first kappa shape index (κ1) is 13.4. The fourth-order valence-corrected chi connectivity index (χ4v) is 2.00. The summed E-state index contributed by atoms with van der Waals surface area (Å²) in [7, 11) is 0. The molecule has 0 aliphatic carbocycles. The highest BCUT2D eigenvalue weighted by molar-refractivity contribution is 5.39. The maximum Gasteiger partial charge on any atom is 0.215 e. The molecule has 19 heavy (non-hydrogen) atoms. The molecule has 100 valence electrons. The maximum absolute atomic E-state index is 5.39. The molecule has 0 saturated heterocycles. The van der Waals surface area contributed by atoms with Crippen LogP contribution in [0, 0.1) is 0 Å². The third-order valence-electron chi connectivity index (χ3n) is 2.98. The van der Waals surface area contributed by atoms with Crippen molar-refractivity contribution < 1.29 is 4.74 Å². The third kappa shape index (κ3) is 3.71. The van der Waals surface area contributed by atoms with Gasteiger partial charge in [0.05, 0.1) is 6.61 Å². The number of aryl methyl sites for hydroxylation is 1. The molecule has 1 aromatic carbocycles. The lowest BCUT2D eigenvalue weighted by Gasteiger charge is -2.10. The summed E-state index contributed by atoms with van der Waals surface area (Å²) in [5.74, 6) is 1.51. The minimum absolute atomic E-state index is 0.634. The Kier molecular flexibility index (Phi) is 4.78. The van der Waals surface area contributed by atoms with Crippen molar-refractivity contribution >= 4 is 5.82 Å².